The highest BCUT2D eigenvalue weighted by atomic mass is 35.5. The molecule has 0 bridgehead atoms. The zero-order valence-electron chi connectivity index (χ0n) is 10.3. The molecule has 1 aromatic rings. The number of carbonyl (C=O) groups excluding carboxylic acids is 1. The molecule has 0 atom stereocenters. The van der Waals surface area contributed by atoms with Crippen molar-refractivity contribution in [3.63, 3.8) is 0 Å². The Kier molecular flexibility index (Phi) is 5.54. The molecule has 10 heteroatoms. The molecule has 0 heterocycles. The van der Waals surface area contributed by atoms with E-state index >= 15 is 0 Å². The quantitative estimate of drug-likeness (QED) is 0.766. The first-order valence-electron chi connectivity index (χ1n) is 5.27. The van der Waals surface area contributed by atoms with Gasteiger partial charge in [0.1, 0.15) is 12.3 Å². The number of carbonyl (C=O) groups is 2. The van der Waals surface area contributed by atoms with Crippen LogP contribution in [0, 0.1) is 11.3 Å². The third-order valence-electron chi connectivity index (χ3n) is 2.26. The standard InChI is InChI=1S/C11H8Cl2N2O5S/c12-6-3-7(11(17)18)10(13)8(4-6)21(19,20)5-9(16)15-2-1-14/h3-4H,2,5H2,(H,15,16)(H,17,18). The lowest BCUT2D eigenvalue weighted by Gasteiger charge is -2.09. The van der Waals surface area contributed by atoms with E-state index in [-0.39, 0.29) is 11.6 Å². The van der Waals surface area contributed by atoms with Gasteiger partial charge in [-0.3, -0.25) is 4.79 Å². The molecule has 0 aliphatic rings. The third kappa shape index (κ3) is 4.32. The van der Waals surface area contributed by atoms with Gasteiger partial charge in [0.05, 0.1) is 21.6 Å². The summed E-state index contributed by atoms with van der Waals surface area (Å²) < 4.78 is 24.1. The molecule has 112 valence electrons. The van der Waals surface area contributed by atoms with Gasteiger partial charge in [-0.1, -0.05) is 23.2 Å². The van der Waals surface area contributed by atoms with Crippen molar-refractivity contribution >= 4 is 44.9 Å². The molecule has 0 unspecified atom stereocenters. The van der Waals surface area contributed by atoms with E-state index in [0.29, 0.717) is 0 Å². The van der Waals surface area contributed by atoms with Crippen molar-refractivity contribution < 1.29 is 23.1 Å². The highest BCUT2D eigenvalue weighted by Crippen LogP contribution is 2.30. The van der Waals surface area contributed by atoms with E-state index in [2.05, 4.69) is 5.32 Å². The van der Waals surface area contributed by atoms with Gasteiger partial charge < -0.3 is 10.4 Å². The average molecular weight is 351 g/mol. The van der Waals surface area contributed by atoms with Crippen molar-refractivity contribution in [3.8, 4) is 6.07 Å². The third-order valence-corrected chi connectivity index (χ3v) is 4.63. The molecule has 0 spiro atoms. The molecular weight excluding hydrogens is 343 g/mol. The minimum atomic E-state index is -4.20. The van der Waals surface area contributed by atoms with Crippen LogP contribution in [0.25, 0.3) is 0 Å². The van der Waals surface area contributed by atoms with Crippen LogP contribution in [0.4, 0.5) is 0 Å². The lowest BCUT2D eigenvalue weighted by molar-refractivity contribution is -0.118. The fourth-order valence-corrected chi connectivity index (χ4v) is 3.50. The van der Waals surface area contributed by atoms with Crippen LogP contribution in [0.3, 0.4) is 0 Å². The van der Waals surface area contributed by atoms with Gasteiger partial charge in [0.2, 0.25) is 5.91 Å². The Morgan fingerprint density at radius 1 is 1.33 bits per heavy atom. The summed E-state index contributed by atoms with van der Waals surface area (Å²) in [5, 5.41) is 18.6. The smallest absolute Gasteiger partial charge is 0.337 e. The van der Waals surface area contributed by atoms with Crippen LogP contribution in [-0.4, -0.2) is 37.7 Å². The van der Waals surface area contributed by atoms with Crippen molar-refractivity contribution in [2.75, 3.05) is 12.3 Å². The summed E-state index contributed by atoms with van der Waals surface area (Å²) in [5.41, 5.74) is -0.486. The van der Waals surface area contributed by atoms with Crippen molar-refractivity contribution in [1.82, 2.24) is 5.32 Å². The first-order valence-corrected chi connectivity index (χ1v) is 7.68. The lowest BCUT2D eigenvalue weighted by atomic mass is 10.2. The second-order valence-corrected chi connectivity index (χ2v) is 6.54. The highest BCUT2D eigenvalue weighted by Gasteiger charge is 2.26. The van der Waals surface area contributed by atoms with Crippen LogP contribution in [-0.2, 0) is 14.6 Å². The van der Waals surface area contributed by atoms with E-state index in [1.165, 1.54) is 0 Å². The van der Waals surface area contributed by atoms with Crippen LogP contribution < -0.4 is 5.32 Å². The first kappa shape index (κ1) is 17.2. The fourth-order valence-electron chi connectivity index (χ4n) is 1.39. The van der Waals surface area contributed by atoms with E-state index in [4.69, 9.17) is 33.6 Å². The largest absolute Gasteiger partial charge is 0.478 e. The Hall–Kier alpha value is -1.82. The second-order valence-electron chi connectivity index (χ2n) is 3.76. The lowest BCUT2D eigenvalue weighted by Crippen LogP contribution is -2.30. The van der Waals surface area contributed by atoms with Crippen molar-refractivity contribution in [3.05, 3.63) is 27.7 Å². The molecule has 0 saturated carbocycles. The summed E-state index contributed by atoms with van der Waals surface area (Å²) in [5.74, 6) is -3.34. The molecule has 0 radical (unpaired) electrons. The molecule has 0 fully saturated rings. The predicted molar refractivity (Wildman–Crippen MR) is 74.1 cm³/mol. The molecular formula is C11H8Cl2N2O5S. The monoisotopic (exact) mass is 350 g/mol. The predicted octanol–water partition coefficient (Wildman–Crippen LogP) is 1.11. The van der Waals surface area contributed by atoms with E-state index < -0.39 is 42.9 Å². The molecule has 7 nitrogen and oxygen atoms in total. The topological polar surface area (TPSA) is 124 Å². The molecule has 0 aromatic heterocycles. The average Bonchev–Trinajstić information content (AvgIpc) is 2.37. The number of benzene rings is 1. The summed E-state index contributed by atoms with van der Waals surface area (Å²) in [6.07, 6.45) is 0. The minimum absolute atomic E-state index is 0.146. The Labute approximate surface area is 130 Å². The van der Waals surface area contributed by atoms with Crippen molar-refractivity contribution in [2.45, 2.75) is 4.90 Å². The zero-order chi connectivity index (χ0) is 16.2. The summed E-state index contributed by atoms with van der Waals surface area (Å²) in [6.45, 7) is -0.349. The number of nitrogens with one attached hydrogen (secondary N) is 1. The number of rotatable bonds is 5. The number of halogens is 2. The van der Waals surface area contributed by atoms with Gasteiger partial charge in [-0.25, -0.2) is 13.2 Å². The van der Waals surface area contributed by atoms with Gasteiger partial charge in [-0.05, 0) is 12.1 Å². The molecule has 1 aromatic carbocycles. The Balaban J connectivity index is 3.24. The Morgan fingerprint density at radius 2 is 1.95 bits per heavy atom. The normalized spacial score (nSPS) is 10.7. The molecule has 1 amide bonds. The Morgan fingerprint density at radius 3 is 2.48 bits per heavy atom. The summed E-state index contributed by atoms with van der Waals surface area (Å²) in [7, 11) is -4.20. The summed E-state index contributed by atoms with van der Waals surface area (Å²) in [4.78, 5) is 21.8. The Bertz CT molecular complexity index is 740. The van der Waals surface area contributed by atoms with Crippen molar-refractivity contribution in [1.29, 1.82) is 5.26 Å². The van der Waals surface area contributed by atoms with Gasteiger partial charge in [0.25, 0.3) is 0 Å². The maximum absolute atomic E-state index is 12.1. The highest BCUT2D eigenvalue weighted by molar-refractivity contribution is 7.92. The van der Waals surface area contributed by atoms with E-state index in [0.717, 1.165) is 12.1 Å². The van der Waals surface area contributed by atoms with Crippen LogP contribution in [0.2, 0.25) is 10.0 Å². The number of nitrogens with zero attached hydrogens (tertiary/aromatic N) is 1. The number of carboxylic acid groups (broad SMARTS) is 1. The fraction of sp³-hybridized carbons (Fsp3) is 0.182. The maximum Gasteiger partial charge on any atom is 0.337 e. The molecule has 0 aliphatic carbocycles. The van der Waals surface area contributed by atoms with Crippen molar-refractivity contribution in [2.24, 2.45) is 0 Å². The van der Waals surface area contributed by atoms with Gasteiger partial charge in [0, 0.05) is 5.02 Å². The number of nitriles is 1. The summed E-state index contributed by atoms with van der Waals surface area (Å²) >= 11 is 11.4. The minimum Gasteiger partial charge on any atom is -0.478 e. The van der Waals surface area contributed by atoms with Crippen LogP contribution in [0.5, 0.6) is 0 Å². The van der Waals surface area contributed by atoms with Gasteiger partial charge >= 0.3 is 5.97 Å². The number of hydrogen-bond donors (Lipinski definition) is 2. The maximum atomic E-state index is 12.1. The van der Waals surface area contributed by atoms with Crippen LogP contribution >= 0.6 is 23.2 Å². The number of carboxylic acids is 1. The SMILES string of the molecule is N#CCNC(=O)CS(=O)(=O)c1cc(Cl)cc(C(=O)O)c1Cl. The van der Waals surface area contributed by atoms with E-state index in [9.17, 15) is 18.0 Å². The number of aromatic carboxylic acids is 1. The molecule has 1 rings (SSSR count). The van der Waals surface area contributed by atoms with Gasteiger partial charge in [0.15, 0.2) is 9.84 Å². The zero-order valence-corrected chi connectivity index (χ0v) is 12.6. The number of sulfone groups is 1. The number of hydrogen-bond acceptors (Lipinski definition) is 5. The van der Waals surface area contributed by atoms with E-state index in [1.54, 1.807) is 6.07 Å². The summed E-state index contributed by atoms with van der Waals surface area (Å²) in [6, 6.07) is 3.58. The van der Waals surface area contributed by atoms with E-state index in [1.807, 2.05) is 0 Å². The molecule has 2 N–H and O–H groups in total. The molecule has 0 saturated heterocycles. The van der Waals surface area contributed by atoms with Crippen LogP contribution in [0.1, 0.15) is 10.4 Å². The number of amides is 1. The molecule has 0 aliphatic heterocycles. The van der Waals surface area contributed by atoms with Gasteiger partial charge in [-0.15, -0.1) is 0 Å². The van der Waals surface area contributed by atoms with Gasteiger partial charge in [-0.2, -0.15) is 5.26 Å². The molecule has 21 heavy (non-hydrogen) atoms. The second kappa shape index (κ2) is 6.76. The van der Waals surface area contributed by atoms with Crippen LogP contribution in [0.15, 0.2) is 17.0 Å². The first-order chi connectivity index (χ1) is 9.69.